The van der Waals surface area contributed by atoms with Crippen molar-refractivity contribution < 1.29 is 91.7 Å². The molecule has 0 bridgehead atoms. The van der Waals surface area contributed by atoms with Crippen LogP contribution in [0.15, 0.2) is 97.3 Å². The number of nitrogens with zero attached hydrogens (tertiary/aromatic N) is 6. The molecule has 34 heteroatoms. The van der Waals surface area contributed by atoms with Gasteiger partial charge in [-0.05, 0) is 96.3 Å². The lowest BCUT2D eigenvalue weighted by atomic mass is 9.92. The molecule has 0 saturated carbocycles. The van der Waals surface area contributed by atoms with E-state index in [1.807, 2.05) is 19.1 Å². The second kappa shape index (κ2) is 36.9. The Balaban J connectivity index is 0.842. The molecule has 2 aliphatic heterocycles. The summed E-state index contributed by atoms with van der Waals surface area (Å²) in [5.74, 6) is -5.02. The van der Waals surface area contributed by atoms with Crippen LogP contribution in [0.3, 0.4) is 0 Å². The zero-order chi connectivity index (χ0) is 73.7. The number of ether oxygens (including phenoxy) is 5. The van der Waals surface area contributed by atoms with Gasteiger partial charge >= 0.3 is 30.3 Å². The Morgan fingerprint density at radius 1 is 0.833 bits per heavy atom. The average molecular weight is 1450 g/mol. The number of hydrogen-bond donors (Lipinski definition) is 10. The molecule has 11 amide bonds. The van der Waals surface area contributed by atoms with Crippen LogP contribution in [0.1, 0.15) is 76.6 Å². The van der Waals surface area contributed by atoms with Gasteiger partial charge in [0.2, 0.25) is 23.6 Å². The van der Waals surface area contributed by atoms with Gasteiger partial charge in [0, 0.05) is 98.8 Å². The maximum atomic E-state index is 14.6. The summed E-state index contributed by atoms with van der Waals surface area (Å²) in [6.45, 7) is 4.24. The summed E-state index contributed by atoms with van der Waals surface area (Å²) >= 11 is 7.64. The number of imide groups is 1. The number of phenols is 1. The minimum atomic E-state index is -1.23. The number of aliphatic carboxylic acids is 1. The smallest absolute Gasteiger partial charge is 0.415 e. The second-order valence-corrected chi connectivity index (χ2v) is 25.7. The highest BCUT2D eigenvalue weighted by Gasteiger charge is 2.40. The lowest BCUT2D eigenvalue weighted by Gasteiger charge is -2.26. The van der Waals surface area contributed by atoms with Gasteiger partial charge in [-0.3, -0.25) is 38.5 Å². The van der Waals surface area contributed by atoms with E-state index >= 15 is 0 Å². The van der Waals surface area contributed by atoms with Crippen LogP contribution in [0.4, 0.5) is 36.2 Å². The van der Waals surface area contributed by atoms with E-state index in [0.29, 0.717) is 39.2 Å². The second-order valence-electron chi connectivity index (χ2n) is 24.2. The summed E-state index contributed by atoms with van der Waals surface area (Å²) < 4.78 is 29.7. The maximum Gasteiger partial charge on any atom is 0.415 e. The molecule has 6 aromatic rings. The van der Waals surface area contributed by atoms with Gasteiger partial charge in [0.15, 0.2) is 0 Å². The molecule has 5 atom stereocenters. The Morgan fingerprint density at radius 2 is 1.57 bits per heavy atom. The number of benzene rings is 4. The molecule has 12 N–H and O–H groups in total. The van der Waals surface area contributed by atoms with E-state index in [1.165, 1.54) is 41.1 Å². The quantitative estimate of drug-likeness (QED) is 0.0146. The van der Waals surface area contributed by atoms with Crippen LogP contribution in [0, 0.1) is 12.8 Å². The number of aryl methyl sites for hydroxylation is 1. The van der Waals surface area contributed by atoms with Crippen LogP contribution in [0.25, 0.3) is 16.4 Å². The van der Waals surface area contributed by atoms with E-state index in [1.54, 1.807) is 84.1 Å². The third-order valence-corrected chi connectivity index (χ3v) is 18.2. The molecule has 2 aliphatic rings. The van der Waals surface area contributed by atoms with Crippen molar-refractivity contribution in [3.8, 4) is 11.5 Å². The molecule has 0 spiro atoms. The molecule has 2 aromatic heterocycles. The Morgan fingerprint density at radius 3 is 2.27 bits per heavy atom. The van der Waals surface area contributed by atoms with Gasteiger partial charge < -0.3 is 96.2 Å². The highest BCUT2D eigenvalue weighted by molar-refractivity contribution is 8.00. The number of pyridine rings is 1. The number of urea groups is 1. The molecule has 102 heavy (non-hydrogen) atoms. The van der Waals surface area contributed by atoms with Crippen molar-refractivity contribution in [2.75, 3.05) is 113 Å². The lowest BCUT2D eigenvalue weighted by Crippen LogP contribution is -2.54. The lowest BCUT2D eigenvalue weighted by molar-refractivity contribution is -0.140. The van der Waals surface area contributed by atoms with Crippen LogP contribution in [-0.2, 0) is 49.5 Å². The Kier molecular flexibility index (Phi) is 28.0. The van der Waals surface area contributed by atoms with Gasteiger partial charge in [-0.15, -0.1) is 23.4 Å². The number of aromatic nitrogens is 2. The number of thioether (sulfide) groups is 1. The van der Waals surface area contributed by atoms with Crippen molar-refractivity contribution in [3.63, 3.8) is 0 Å². The van der Waals surface area contributed by atoms with Crippen LogP contribution < -0.4 is 47.7 Å². The Hall–Kier alpha value is -10.3. The fraction of sp³-hybridized carbons (Fsp3) is 0.412. The number of likely N-dealkylation sites (tertiary alicyclic amines) is 1. The van der Waals surface area contributed by atoms with Crippen LogP contribution in [-0.4, -0.2) is 226 Å². The average Bonchev–Trinajstić information content (AvgIpc) is 1.55. The number of aromatic hydroxyl groups is 1. The molecule has 0 radical (unpaired) electrons. The predicted octanol–water partition coefficient (Wildman–Crippen LogP) is 4.73. The van der Waals surface area contributed by atoms with E-state index in [0.717, 1.165) is 33.2 Å². The van der Waals surface area contributed by atoms with E-state index < -0.39 is 95.0 Å². The first-order valence-electron chi connectivity index (χ1n) is 32.6. The first kappa shape index (κ1) is 77.4. The number of carbonyl (C=O) groups excluding carboxylic acids is 10. The van der Waals surface area contributed by atoms with Crippen LogP contribution in [0.5, 0.6) is 11.5 Å². The highest BCUT2D eigenvalue weighted by atomic mass is 35.5. The number of rotatable bonds is 35. The van der Waals surface area contributed by atoms with Gasteiger partial charge in [-0.25, -0.2) is 24.2 Å². The monoisotopic (exact) mass is 1450 g/mol. The van der Waals surface area contributed by atoms with Crippen LogP contribution in [0.2, 0.25) is 0 Å². The summed E-state index contributed by atoms with van der Waals surface area (Å²) in [4.78, 5) is 153. The zero-order valence-electron chi connectivity index (χ0n) is 56.4. The summed E-state index contributed by atoms with van der Waals surface area (Å²) in [5, 5.41) is 41.8. The van der Waals surface area contributed by atoms with Gasteiger partial charge in [-0.1, -0.05) is 44.2 Å². The van der Waals surface area contributed by atoms with E-state index in [9.17, 15) is 63.0 Å². The third kappa shape index (κ3) is 20.9. The van der Waals surface area contributed by atoms with Gasteiger partial charge in [0.05, 0.1) is 56.2 Å². The number of alkyl halides is 1. The number of aliphatic hydroxyl groups excluding tert-OH is 1. The fourth-order valence-electron chi connectivity index (χ4n) is 11.0. The number of imidazole rings is 1. The number of halogens is 1. The van der Waals surface area contributed by atoms with Gasteiger partial charge in [0.1, 0.15) is 54.2 Å². The molecule has 32 nitrogen and oxygen atoms in total. The Bertz CT molecular complexity index is 4030. The number of nitrogens with two attached hydrogens (primary N) is 2. The summed E-state index contributed by atoms with van der Waals surface area (Å²) in [6, 6.07) is 18.1. The van der Waals surface area contributed by atoms with Crippen molar-refractivity contribution in [2.24, 2.45) is 17.4 Å². The van der Waals surface area contributed by atoms with Crippen molar-refractivity contribution in [1.82, 2.24) is 40.0 Å². The molecular formula is C68H82ClN13O19S. The number of phenolic OH excluding ortho intramolecular Hbond substituents is 1. The maximum absolute atomic E-state index is 14.6. The molecule has 4 aromatic carbocycles. The zero-order valence-corrected chi connectivity index (χ0v) is 58.0. The number of carbonyl (C=O) groups is 11. The molecule has 8 rings (SSSR count). The minimum absolute atomic E-state index is 0.00601. The number of anilines is 3. The van der Waals surface area contributed by atoms with Gasteiger partial charge in [-0.2, -0.15) is 0 Å². The number of likely N-dealkylation sites (N-methyl/N-ethyl adjacent to an activating group) is 1. The number of carboxylic acid groups (broad SMARTS) is 1. The number of primary amides is 1. The normalized spacial score (nSPS) is 14.9. The van der Waals surface area contributed by atoms with Crippen molar-refractivity contribution >= 4 is 123 Å². The SMILES string of the molecule is Cc1cccc2c(OC(=O)N(CCOCCO)CCN(C)C(=O)OCc3ccc(NC(=O)[C@H](CCCNC(N)=O)NC(=O)[C@@H](NC(=O)OCCOCCN4C(=O)CC(SC[C@H](N)C(=O)O)C4=O)C(C)C)cc3)cc3c(c12)[C@H](CCl)CN3C(=O)c1cn2cc(NC(=O)c3ccc(O)cc3)ccc2n1. The van der Waals surface area contributed by atoms with Crippen molar-refractivity contribution in [2.45, 2.75) is 75.9 Å². The van der Waals surface area contributed by atoms with Crippen molar-refractivity contribution in [1.29, 1.82) is 0 Å². The molecule has 0 aliphatic carbocycles. The predicted molar refractivity (Wildman–Crippen MR) is 374 cm³/mol. The largest absolute Gasteiger partial charge is 0.508 e. The summed E-state index contributed by atoms with van der Waals surface area (Å²) in [6.07, 6.45) is 0.723. The third-order valence-electron chi connectivity index (χ3n) is 16.5. The Labute approximate surface area is 594 Å². The number of nitrogens with one attached hydrogen (secondary N) is 5. The molecular weight excluding hydrogens is 1370 g/mol. The molecule has 1 saturated heterocycles. The van der Waals surface area contributed by atoms with Crippen LogP contribution >= 0.6 is 23.4 Å². The highest BCUT2D eigenvalue weighted by Crippen LogP contribution is 2.47. The number of amides is 11. The molecule has 4 heterocycles. The van der Waals surface area contributed by atoms with E-state index in [4.69, 9.17) is 51.9 Å². The first-order chi connectivity index (χ1) is 48.8. The molecule has 546 valence electrons. The summed E-state index contributed by atoms with van der Waals surface area (Å²) in [7, 11) is 1.48. The van der Waals surface area contributed by atoms with E-state index in [2.05, 4.69) is 31.6 Å². The molecule has 1 unspecified atom stereocenters. The first-order valence-corrected chi connectivity index (χ1v) is 34.2. The number of aliphatic hydroxyl groups is 1. The number of hydrogen-bond acceptors (Lipinski definition) is 21. The van der Waals surface area contributed by atoms with E-state index in [-0.39, 0.29) is 140 Å². The summed E-state index contributed by atoms with van der Waals surface area (Å²) in [5.41, 5.74) is 14.9. The minimum Gasteiger partial charge on any atom is -0.508 e. The number of fused-ring (bicyclic) bond motifs is 4. The number of carboxylic acids is 1. The van der Waals surface area contributed by atoms with Crippen molar-refractivity contribution in [3.05, 3.63) is 125 Å². The molecule has 1 fully saturated rings. The number of alkyl carbamates (subject to hydrolysis) is 1. The standard InChI is InChI=1S/C68H82ClN13O19S/c1-39(2)58(77-66(94)99-30-29-98-27-24-81-55(85)32-53(63(81)90)102-38-48(70)64(91)92)61(88)76-49(9-6-20-72-65(71)93)60(87)73-44-14-10-41(11-15-44)37-100-67(95)78(4)21-22-79(23-26-97-28-25-83)68(96)101-52-31-51-57(56-40(3)7-5-8-47(52)56)43(33-69)34-82(51)62(89)50-36-80-35-45(16-19-54(80)75-50)74-59(86)42-12-17-46(84)18-13-42/h5,7-8,10-19,31,35-36,39,43,48-49,53,58,83-84H,6,9,20-30,32-34,37-38,70H2,1-4H3,(H,73,87)(H,74,86)(H,76,88)(H,77,94)(H,91,92)(H3,71,72,93)/t43-,48+,49+,53?,58+/m1/s1. The fourth-order valence-corrected chi connectivity index (χ4v) is 12.4. The van der Waals surface area contributed by atoms with Gasteiger partial charge in [0.25, 0.3) is 11.8 Å². The topological polar surface area (TPSA) is 437 Å².